The summed E-state index contributed by atoms with van der Waals surface area (Å²) in [6.45, 7) is 5.19. The van der Waals surface area contributed by atoms with Gasteiger partial charge in [-0.25, -0.2) is 0 Å². The maximum atomic E-state index is 12.2. The molecule has 0 radical (unpaired) electrons. The number of hydrogen-bond donors (Lipinski definition) is 0. The number of nitrogens with zero attached hydrogens (tertiary/aromatic N) is 2. The minimum Gasteiger partial charge on any atom is -0.336 e. The number of hydrogen-bond acceptors (Lipinski definition) is 2. The van der Waals surface area contributed by atoms with E-state index < -0.39 is 0 Å². The number of carbonyl (C=O) groups is 1. The van der Waals surface area contributed by atoms with E-state index in [0.717, 1.165) is 6.54 Å². The molecule has 3 heteroatoms. The van der Waals surface area contributed by atoms with Crippen LogP contribution in [0, 0.1) is 5.92 Å². The molecule has 0 aliphatic carbocycles. The summed E-state index contributed by atoms with van der Waals surface area (Å²) in [5.41, 5.74) is 1.22. The van der Waals surface area contributed by atoms with Crippen molar-refractivity contribution in [3.63, 3.8) is 0 Å². The Hall–Kier alpha value is -1.35. The summed E-state index contributed by atoms with van der Waals surface area (Å²) in [5, 5.41) is 0. The lowest BCUT2D eigenvalue weighted by atomic mass is 9.99. The van der Waals surface area contributed by atoms with Gasteiger partial charge in [-0.1, -0.05) is 30.3 Å². The van der Waals surface area contributed by atoms with Crippen molar-refractivity contribution in [1.82, 2.24) is 9.80 Å². The third-order valence-corrected chi connectivity index (χ3v) is 4.43. The molecule has 1 aromatic rings. The zero-order valence-electron chi connectivity index (χ0n) is 12.3. The van der Waals surface area contributed by atoms with E-state index in [2.05, 4.69) is 45.0 Å². The van der Waals surface area contributed by atoms with E-state index >= 15 is 0 Å². The first-order valence-corrected chi connectivity index (χ1v) is 7.01. The van der Waals surface area contributed by atoms with Gasteiger partial charge in [0.05, 0.1) is 6.04 Å². The molecule has 19 heavy (non-hydrogen) atoms. The summed E-state index contributed by atoms with van der Waals surface area (Å²) in [6, 6.07) is 10.9. The van der Waals surface area contributed by atoms with Crippen molar-refractivity contribution in [3.8, 4) is 0 Å². The Bertz CT molecular complexity index is 430. The van der Waals surface area contributed by atoms with Gasteiger partial charge in [0.1, 0.15) is 0 Å². The highest BCUT2D eigenvalue weighted by Crippen LogP contribution is 2.30. The molecule has 1 aliphatic rings. The van der Waals surface area contributed by atoms with Gasteiger partial charge in [0, 0.05) is 24.9 Å². The van der Waals surface area contributed by atoms with Gasteiger partial charge >= 0.3 is 0 Å². The molecular formula is C16H24N2O. The summed E-state index contributed by atoms with van der Waals surface area (Å²) in [4.78, 5) is 16.5. The smallest absolute Gasteiger partial charge is 0.223 e. The van der Waals surface area contributed by atoms with Gasteiger partial charge in [-0.2, -0.15) is 0 Å². The van der Waals surface area contributed by atoms with Gasteiger partial charge in [0.15, 0.2) is 0 Å². The van der Waals surface area contributed by atoms with E-state index in [0.29, 0.717) is 18.4 Å². The van der Waals surface area contributed by atoms with Crippen LogP contribution in [0.1, 0.15) is 31.9 Å². The third kappa shape index (κ3) is 2.98. The van der Waals surface area contributed by atoms with Crippen LogP contribution in [0.3, 0.4) is 0 Å². The predicted molar refractivity (Wildman–Crippen MR) is 77.8 cm³/mol. The van der Waals surface area contributed by atoms with E-state index in [1.165, 1.54) is 5.56 Å². The normalized spacial score (nSPS) is 22.9. The Morgan fingerprint density at radius 1 is 1.21 bits per heavy atom. The minimum absolute atomic E-state index is 0.174. The van der Waals surface area contributed by atoms with Crippen molar-refractivity contribution in [2.75, 3.05) is 20.6 Å². The molecule has 0 spiro atoms. The molecule has 0 aromatic heterocycles. The molecule has 1 fully saturated rings. The van der Waals surface area contributed by atoms with Crippen molar-refractivity contribution < 1.29 is 4.79 Å². The maximum absolute atomic E-state index is 12.2. The Kier molecular flexibility index (Phi) is 4.25. The van der Waals surface area contributed by atoms with Crippen LogP contribution in [0.25, 0.3) is 0 Å². The van der Waals surface area contributed by atoms with Crippen LogP contribution in [0.2, 0.25) is 0 Å². The fourth-order valence-corrected chi connectivity index (χ4v) is 2.79. The zero-order valence-corrected chi connectivity index (χ0v) is 12.3. The fourth-order valence-electron chi connectivity index (χ4n) is 2.79. The van der Waals surface area contributed by atoms with Gasteiger partial charge in [0.25, 0.3) is 0 Å². The first-order valence-electron chi connectivity index (χ1n) is 7.01. The van der Waals surface area contributed by atoms with Crippen LogP contribution in [-0.2, 0) is 4.79 Å². The molecular weight excluding hydrogens is 236 g/mol. The average Bonchev–Trinajstić information content (AvgIpc) is 2.80. The van der Waals surface area contributed by atoms with Gasteiger partial charge in [-0.05, 0) is 33.5 Å². The number of likely N-dealkylation sites (tertiary alicyclic amines) is 1. The summed E-state index contributed by atoms with van der Waals surface area (Å²) in [6.07, 6.45) is 0.677. The molecule has 0 unspecified atom stereocenters. The number of amides is 1. The number of rotatable bonds is 4. The standard InChI is InChI=1S/C16H24N2O/c1-12(17(3)4)15-10-16(19)18(11-15)13(2)14-8-6-5-7-9-14/h5-9,12-13,15H,10-11H2,1-4H3/t12-,13+,15-/m1/s1. The van der Waals surface area contributed by atoms with Crippen LogP contribution in [0.5, 0.6) is 0 Å². The van der Waals surface area contributed by atoms with Crippen LogP contribution in [-0.4, -0.2) is 42.4 Å². The lowest BCUT2D eigenvalue weighted by molar-refractivity contribution is -0.129. The first kappa shape index (κ1) is 14.1. The molecule has 0 saturated carbocycles. The van der Waals surface area contributed by atoms with E-state index in [4.69, 9.17) is 0 Å². The topological polar surface area (TPSA) is 23.6 Å². The molecule has 0 N–H and O–H groups in total. The number of carbonyl (C=O) groups excluding carboxylic acids is 1. The molecule has 1 aromatic carbocycles. The molecule has 1 heterocycles. The molecule has 1 saturated heterocycles. The van der Waals surface area contributed by atoms with Crippen LogP contribution >= 0.6 is 0 Å². The predicted octanol–water partition coefficient (Wildman–Crippen LogP) is 2.55. The third-order valence-electron chi connectivity index (χ3n) is 4.43. The van der Waals surface area contributed by atoms with Crippen LogP contribution < -0.4 is 0 Å². The molecule has 1 amide bonds. The number of benzene rings is 1. The summed E-state index contributed by atoms with van der Waals surface area (Å²) in [5.74, 6) is 0.726. The average molecular weight is 260 g/mol. The Morgan fingerprint density at radius 3 is 2.42 bits per heavy atom. The van der Waals surface area contributed by atoms with Crippen molar-refractivity contribution in [2.45, 2.75) is 32.4 Å². The Morgan fingerprint density at radius 2 is 1.84 bits per heavy atom. The highest BCUT2D eigenvalue weighted by molar-refractivity contribution is 5.79. The van der Waals surface area contributed by atoms with E-state index in [1.807, 2.05) is 23.1 Å². The lowest BCUT2D eigenvalue weighted by Crippen LogP contribution is -2.35. The first-order chi connectivity index (χ1) is 9.00. The highest BCUT2D eigenvalue weighted by Gasteiger charge is 2.36. The molecule has 3 atom stereocenters. The van der Waals surface area contributed by atoms with Gasteiger partial charge < -0.3 is 9.80 Å². The quantitative estimate of drug-likeness (QED) is 0.830. The second-order valence-corrected chi connectivity index (χ2v) is 5.80. The van der Waals surface area contributed by atoms with Gasteiger partial charge in [-0.3, -0.25) is 4.79 Å². The molecule has 2 rings (SSSR count). The molecule has 3 nitrogen and oxygen atoms in total. The van der Waals surface area contributed by atoms with Gasteiger partial charge in [0.2, 0.25) is 5.91 Å². The van der Waals surface area contributed by atoms with E-state index in [9.17, 15) is 4.79 Å². The maximum Gasteiger partial charge on any atom is 0.223 e. The second kappa shape index (κ2) is 5.74. The largest absolute Gasteiger partial charge is 0.336 e. The second-order valence-electron chi connectivity index (χ2n) is 5.80. The lowest BCUT2D eigenvalue weighted by Gasteiger charge is -2.28. The summed E-state index contributed by atoms with van der Waals surface area (Å²) in [7, 11) is 4.16. The monoisotopic (exact) mass is 260 g/mol. The minimum atomic E-state index is 0.174. The SMILES string of the molecule is C[C@H]([C@@H]1CC(=O)N([C@@H](C)c2ccccc2)C1)N(C)C. The van der Waals surface area contributed by atoms with Crippen molar-refractivity contribution in [3.05, 3.63) is 35.9 Å². The van der Waals surface area contributed by atoms with Crippen molar-refractivity contribution in [1.29, 1.82) is 0 Å². The molecule has 104 valence electrons. The fraction of sp³-hybridized carbons (Fsp3) is 0.562. The van der Waals surface area contributed by atoms with E-state index in [-0.39, 0.29) is 11.9 Å². The molecule has 1 aliphatic heterocycles. The molecule has 0 bridgehead atoms. The summed E-state index contributed by atoms with van der Waals surface area (Å²) < 4.78 is 0. The summed E-state index contributed by atoms with van der Waals surface area (Å²) >= 11 is 0. The Balaban J connectivity index is 2.08. The van der Waals surface area contributed by atoms with Crippen molar-refractivity contribution >= 4 is 5.91 Å². The highest BCUT2D eigenvalue weighted by atomic mass is 16.2. The van der Waals surface area contributed by atoms with E-state index in [1.54, 1.807) is 0 Å². The van der Waals surface area contributed by atoms with Crippen LogP contribution in [0.4, 0.5) is 0 Å². The van der Waals surface area contributed by atoms with Gasteiger partial charge in [-0.15, -0.1) is 0 Å². The zero-order chi connectivity index (χ0) is 14.0. The van der Waals surface area contributed by atoms with Crippen molar-refractivity contribution in [2.24, 2.45) is 5.92 Å². The Labute approximate surface area is 116 Å². The van der Waals surface area contributed by atoms with Crippen LogP contribution in [0.15, 0.2) is 30.3 Å².